The Bertz CT molecular complexity index is 671. The molecule has 1 heterocycles. The minimum absolute atomic E-state index is 0.0335. The number of fused-ring (bicyclic) bond motifs is 1. The van der Waals surface area contributed by atoms with Crippen LogP contribution < -0.4 is 4.74 Å². The molecule has 2 aromatic rings. The molecule has 0 saturated heterocycles. The van der Waals surface area contributed by atoms with E-state index in [0.29, 0.717) is 0 Å². The van der Waals surface area contributed by atoms with E-state index in [1.54, 1.807) is 24.3 Å². The third-order valence-electron chi connectivity index (χ3n) is 3.68. The molecule has 0 fully saturated rings. The molecule has 0 spiro atoms. The molecular formula is C18H18O3. The van der Waals surface area contributed by atoms with E-state index >= 15 is 0 Å². The zero-order valence-corrected chi connectivity index (χ0v) is 11.9. The van der Waals surface area contributed by atoms with Gasteiger partial charge in [0, 0.05) is 17.2 Å². The highest BCUT2D eigenvalue weighted by Gasteiger charge is 2.23. The van der Waals surface area contributed by atoms with Crippen molar-refractivity contribution >= 4 is 11.6 Å². The summed E-state index contributed by atoms with van der Waals surface area (Å²) in [6.45, 7) is 2.12. The van der Waals surface area contributed by atoms with E-state index in [1.165, 1.54) is 0 Å². The molecule has 3 rings (SSSR count). The summed E-state index contributed by atoms with van der Waals surface area (Å²) in [5, 5.41) is 19.0. The van der Waals surface area contributed by atoms with E-state index in [1.807, 2.05) is 18.2 Å². The molecule has 0 radical (unpaired) electrons. The molecule has 108 valence electrons. The van der Waals surface area contributed by atoms with Crippen LogP contribution in [0.15, 0.2) is 42.5 Å². The molecule has 2 N–H and O–H groups in total. The topological polar surface area (TPSA) is 49.7 Å². The molecule has 0 aromatic heterocycles. The Morgan fingerprint density at radius 3 is 2.43 bits per heavy atom. The predicted molar refractivity (Wildman–Crippen MR) is 83.4 cm³/mol. The lowest BCUT2D eigenvalue weighted by atomic mass is 9.92. The van der Waals surface area contributed by atoms with Gasteiger partial charge in [-0.3, -0.25) is 0 Å². The highest BCUT2D eigenvalue weighted by atomic mass is 16.5. The van der Waals surface area contributed by atoms with Crippen molar-refractivity contribution in [1.82, 2.24) is 0 Å². The van der Waals surface area contributed by atoms with Crippen LogP contribution in [0.3, 0.4) is 0 Å². The fourth-order valence-corrected chi connectivity index (χ4v) is 2.62. The van der Waals surface area contributed by atoms with Crippen LogP contribution in [0.5, 0.6) is 17.2 Å². The van der Waals surface area contributed by atoms with Crippen molar-refractivity contribution in [3.8, 4) is 17.2 Å². The van der Waals surface area contributed by atoms with Crippen molar-refractivity contribution in [2.45, 2.75) is 25.9 Å². The van der Waals surface area contributed by atoms with Crippen LogP contribution >= 0.6 is 0 Å². The maximum absolute atomic E-state index is 9.59. The van der Waals surface area contributed by atoms with E-state index < -0.39 is 0 Å². The van der Waals surface area contributed by atoms with Crippen molar-refractivity contribution in [2.24, 2.45) is 0 Å². The van der Waals surface area contributed by atoms with Gasteiger partial charge in [-0.05, 0) is 42.3 Å². The second-order valence-electron chi connectivity index (χ2n) is 5.26. The Labute approximate surface area is 124 Å². The number of hydrogen-bond acceptors (Lipinski definition) is 3. The Morgan fingerprint density at radius 1 is 1.00 bits per heavy atom. The molecule has 3 heteroatoms. The first-order valence-corrected chi connectivity index (χ1v) is 7.18. The summed E-state index contributed by atoms with van der Waals surface area (Å²) in [4.78, 5) is 0. The van der Waals surface area contributed by atoms with Crippen molar-refractivity contribution in [2.75, 3.05) is 0 Å². The summed E-state index contributed by atoms with van der Waals surface area (Å²) in [5.41, 5.74) is 3.11. The Morgan fingerprint density at radius 2 is 1.71 bits per heavy atom. The van der Waals surface area contributed by atoms with Gasteiger partial charge >= 0.3 is 0 Å². The maximum Gasteiger partial charge on any atom is 0.131 e. The number of benzene rings is 2. The number of rotatable bonds is 3. The van der Waals surface area contributed by atoms with Gasteiger partial charge < -0.3 is 14.9 Å². The van der Waals surface area contributed by atoms with E-state index in [2.05, 4.69) is 13.0 Å². The third kappa shape index (κ3) is 2.72. The van der Waals surface area contributed by atoms with E-state index in [0.717, 1.165) is 35.3 Å². The summed E-state index contributed by atoms with van der Waals surface area (Å²) in [5.74, 6) is 1.19. The highest BCUT2D eigenvalue weighted by Crippen LogP contribution is 2.38. The molecule has 0 amide bonds. The zero-order valence-electron chi connectivity index (χ0n) is 11.9. The van der Waals surface area contributed by atoms with Crippen molar-refractivity contribution in [3.05, 3.63) is 53.6 Å². The molecule has 0 saturated carbocycles. The molecule has 1 aliphatic heterocycles. The number of aromatic hydroxyl groups is 2. The number of ether oxygens (including phenoxy) is 1. The first-order valence-electron chi connectivity index (χ1n) is 7.18. The van der Waals surface area contributed by atoms with Gasteiger partial charge in [0.05, 0.1) is 0 Å². The van der Waals surface area contributed by atoms with Crippen molar-refractivity contribution in [3.63, 3.8) is 0 Å². The molecule has 1 aliphatic rings. The van der Waals surface area contributed by atoms with E-state index in [-0.39, 0.29) is 17.6 Å². The van der Waals surface area contributed by atoms with Crippen LogP contribution in [0, 0.1) is 0 Å². The smallest absolute Gasteiger partial charge is 0.131 e. The molecule has 1 atom stereocenters. The lowest BCUT2D eigenvalue weighted by Gasteiger charge is -2.27. The Kier molecular flexibility index (Phi) is 3.57. The maximum atomic E-state index is 9.59. The second-order valence-corrected chi connectivity index (χ2v) is 5.26. The SMILES string of the molecule is CCCC1Oc2cc(O)ccc2C=C1c1ccc(O)cc1. The summed E-state index contributed by atoms with van der Waals surface area (Å²) in [6.07, 6.45) is 3.98. The van der Waals surface area contributed by atoms with Crippen LogP contribution in [-0.2, 0) is 0 Å². The van der Waals surface area contributed by atoms with Crippen LogP contribution in [0.25, 0.3) is 11.6 Å². The molecular weight excluding hydrogens is 264 g/mol. The third-order valence-corrected chi connectivity index (χ3v) is 3.68. The summed E-state index contributed by atoms with van der Waals surface area (Å²) < 4.78 is 6.06. The summed E-state index contributed by atoms with van der Waals surface area (Å²) >= 11 is 0. The van der Waals surface area contributed by atoms with Gasteiger partial charge in [0.25, 0.3) is 0 Å². The Hall–Kier alpha value is -2.42. The van der Waals surface area contributed by atoms with Crippen molar-refractivity contribution in [1.29, 1.82) is 0 Å². The minimum Gasteiger partial charge on any atom is -0.508 e. The molecule has 2 aromatic carbocycles. The highest BCUT2D eigenvalue weighted by molar-refractivity contribution is 5.87. The standard InChI is InChI=1S/C18H18O3/c1-2-3-17-16(12-4-7-14(19)8-5-12)10-13-6-9-15(20)11-18(13)21-17/h4-11,17,19-20H,2-3H2,1H3. The number of hydrogen-bond donors (Lipinski definition) is 2. The van der Waals surface area contributed by atoms with Gasteiger partial charge in [-0.2, -0.15) is 0 Å². The molecule has 0 bridgehead atoms. The summed E-state index contributed by atoms with van der Waals surface area (Å²) in [7, 11) is 0. The van der Waals surface area contributed by atoms with Gasteiger partial charge in [-0.25, -0.2) is 0 Å². The van der Waals surface area contributed by atoms with Crippen LogP contribution in [0.1, 0.15) is 30.9 Å². The monoisotopic (exact) mass is 282 g/mol. The Balaban J connectivity index is 2.05. The van der Waals surface area contributed by atoms with Gasteiger partial charge in [0.15, 0.2) is 0 Å². The first kappa shape index (κ1) is 13.6. The largest absolute Gasteiger partial charge is 0.508 e. The molecule has 1 unspecified atom stereocenters. The van der Waals surface area contributed by atoms with E-state index in [9.17, 15) is 10.2 Å². The number of phenols is 2. The second kappa shape index (κ2) is 5.52. The van der Waals surface area contributed by atoms with Gasteiger partial charge in [-0.1, -0.05) is 25.5 Å². The normalized spacial score (nSPS) is 16.8. The van der Waals surface area contributed by atoms with Gasteiger partial charge in [0.2, 0.25) is 0 Å². The molecule has 21 heavy (non-hydrogen) atoms. The lowest BCUT2D eigenvalue weighted by Crippen LogP contribution is -2.21. The minimum atomic E-state index is -0.0335. The van der Waals surface area contributed by atoms with Gasteiger partial charge in [0.1, 0.15) is 23.4 Å². The average molecular weight is 282 g/mol. The quantitative estimate of drug-likeness (QED) is 0.887. The van der Waals surface area contributed by atoms with Gasteiger partial charge in [-0.15, -0.1) is 0 Å². The molecule has 3 nitrogen and oxygen atoms in total. The van der Waals surface area contributed by atoms with Crippen LogP contribution in [0.4, 0.5) is 0 Å². The van der Waals surface area contributed by atoms with E-state index in [4.69, 9.17) is 4.74 Å². The van der Waals surface area contributed by atoms with Crippen LogP contribution in [-0.4, -0.2) is 16.3 Å². The fourth-order valence-electron chi connectivity index (χ4n) is 2.62. The number of phenolic OH excluding ortho intramolecular Hbond substituents is 2. The predicted octanol–water partition coefficient (Wildman–Crippen LogP) is 4.20. The van der Waals surface area contributed by atoms with Crippen molar-refractivity contribution < 1.29 is 14.9 Å². The fraction of sp³-hybridized carbons (Fsp3) is 0.222. The average Bonchev–Trinajstić information content (AvgIpc) is 2.48. The summed E-state index contributed by atoms with van der Waals surface area (Å²) in [6, 6.07) is 12.3. The zero-order chi connectivity index (χ0) is 14.8. The van der Waals surface area contributed by atoms with Crippen LogP contribution in [0.2, 0.25) is 0 Å². The molecule has 0 aliphatic carbocycles. The first-order chi connectivity index (χ1) is 10.2. The lowest BCUT2D eigenvalue weighted by molar-refractivity contribution is 0.242.